The zero-order chi connectivity index (χ0) is 13.9. The van der Waals surface area contributed by atoms with Crippen molar-refractivity contribution in [3.63, 3.8) is 0 Å². The summed E-state index contributed by atoms with van der Waals surface area (Å²) < 4.78 is 11.0. The molecule has 6 heteroatoms. The molecule has 1 amide bonds. The lowest BCUT2D eigenvalue weighted by Crippen LogP contribution is -2.39. The van der Waals surface area contributed by atoms with Crippen LogP contribution in [0.4, 0.5) is 0 Å². The Morgan fingerprint density at radius 3 is 3.10 bits per heavy atom. The fraction of sp³-hybridized carbons (Fsp3) is 0.429. The van der Waals surface area contributed by atoms with Gasteiger partial charge in [-0.3, -0.25) is 9.59 Å². The number of fused-ring (bicyclic) bond motifs is 1. The summed E-state index contributed by atoms with van der Waals surface area (Å²) in [5.41, 5.74) is -0.766. The van der Waals surface area contributed by atoms with Gasteiger partial charge in [0.25, 0.3) is 0 Å². The molecular weight excluding hydrogens is 262 g/mol. The molecule has 1 spiro atoms. The molecular formula is C14H13NO5. The van der Waals surface area contributed by atoms with Crippen LogP contribution in [0.1, 0.15) is 5.76 Å². The number of furan rings is 1. The summed E-state index contributed by atoms with van der Waals surface area (Å²) in [5, 5.41) is 9.34. The minimum absolute atomic E-state index is 0.166. The molecule has 104 valence electrons. The predicted octanol–water partition coefficient (Wildman–Crippen LogP) is 0.646. The van der Waals surface area contributed by atoms with Crippen LogP contribution in [0.5, 0.6) is 0 Å². The molecule has 6 nitrogen and oxygen atoms in total. The van der Waals surface area contributed by atoms with Gasteiger partial charge in [-0.05, 0) is 12.1 Å². The molecule has 0 aromatic carbocycles. The van der Waals surface area contributed by atoms with Crippen molar-refractivity contribution >= 4 is 11.9 Å². The van der Waals surface area contributed by atoms with Crippen molar-refractivity contribution in [2.75, 3.05) is 6.54 Å². The summed E-state index contributed by atoms with van der Waals surface area (Å²) in [7, 11) is 0. The molecule has 3 aliphatic heterocycles. The number of aliphatic carboxylic acids is 1. The first-order valence-corrected chi connectivity index (χ1v) is 6.52. The van der Waals surface area contributed by atoms with Gasteiger partial charge in [-0.15, -0.1) is 0 Å². The maximum Gasteiger partial charge on any atom is 0.310 e. The number of amides is 1. The minimum Gasteiger partial charge on any atom is -0.481 e. The van der Waals surface area contributed by atoms with E-state index in [0.29, 0.717) is 18.8 Å². The Morgan fingerprint density at radius 1 is 1.55 bits per heavy atom. The van der Waals surface area contributed by atoms with E-state index in [4.69, 9.17) is 9.15 Å². The van der Waals surface area contributed by atoms with Crippen LogP contribution < -0.4 is 0 Å². The van der Waals surface area contributed by atoms with Gasteiger partial charge in [-0.25, -0.2) is 0 Å². The van der Waals surface area contributed by atoms with E-state index in [9.17, 15) is 14.7 Å². The number of carboxylic acid groups (broad SMARTS) is 1. The topological polar surface area (TPSA) is 80.0 Å². The maximum atomic E-state index is 12.5. The number of hydrogen-bond donors (Lipinski definition) is 1. The highest BCUT2D eigenvalue weighted by Crippen LogP contribution is 2.52. The molecule has 2 bridgehead atoms. The van der Waals surface area contributed by atoms with Gasteiger partial charge in [-0.1, -0.05) is 12.2 Å². The smallest absolute Gasteiger partial charge is 0.310 e. The summed E-state index contributed by atoms with van der Waals surface area (Å²) in [6.45, 7) is 0.728. The van der Waals surface area contributed by atoms with Crippen molar-refractivity contribution in [1.29, 1.82) is 0 Å². The molecule has 4 heterocycles. The van der Waals surface area contributed by atoms with Crippen LogP contribution in [0.25, 0.3) is 0 Å². The van der Waals surface area contributed by atoms with E-state index in [1.54, 1.807) is 29.4 Å². The Balaban J connectivity index is 1.65. The van der Waals surface area contributed by atoms with Gasteiger partial charge in [0.05, 0.1) is 31.4 Å². The van der Waals surface area contributed by atoms with E-state index in [1.165, 1.54) is 0 Å². The molecule has 2 saturated heterocycles. The van der Waals surface area contributed by atoms with Crippen LogP contribution in [-0.2, 0) is 20.9 Å². The summed E-state index contributed by atoms with van der Waals surface area (Å²) in [4.78, 5) is 25.5. The van der Waals surface area contributed by atoms with Crippen LogP contribution in [0, 0.1) is 11.8 Å². The molecule has 1 aromatic rings. The number of ether oxygens (including phenoxy) is 1. The Kier molecular flexibility index (Phi) is 2.18. The molecule has 1 aromatic heterocycles. The number of carbonyl (C=O) groups excluding carboxylic acids is 1. The van der Waals surface area contributed by atoms with E-state index in [2.05, 4.69) is 0 Å². The zero-order valence-electron chi connectivity index (χ0n) is 10.6. The van der Waals surface area contributed by atoms with Crippen molar-refractivity contribution < 1.29 is 23.8 Å². The van der Waals surface area contributed by atoms with E-state index in [-0.39, 0.29) is 5.91 Å². The molecule has 4 atom stereocenters. The third-order valence-corrected chi connectivity index (χ3v) is 4.39. The van der Waals surface area contributed by atoms with E-state index in [0.717, 1.165) is 0 Å². The molecule has 2 fully saturated rings. The highest BCUT2D eigenvalue weighted by Gasteiger charge is 2.67. The third-order valence-electron chi connectivity index (χ3n) is 4.39. The number of carbonyl (C=O) groups is 2. The molecule has 0 saturated carbocycles. The lowest BCUT2D eigenvalue weighted by atomic mass is 9.77. The van der Waals surface area contributed by atoms with Crippen LogP contribution >= 0.6 is 0 Å². The summed E-state index contributed by atoms with van der Waals surface area (Å²) in [6.07, 6.45) is 4.69. The second-order valence-electron chi connectivity index (χ2n) is 5.51. The highest BCUT2D eigenvalue weighted by molar-refractivity contribution is 5.90. The standard InChI is InChI=1S/C14H13NO5/c16-12-11-10(13(17)18)9-3-4-14(11,20-9)7-15(12)6-8-2-1-5-19-8/h1-5,9-11H,6-7H2,(H,17,18)/t9-,10-,11+,14-/m1/s1. The fourth-order valence-corrected chi connectivity index (χ4v) is 3.58. The van der Waals surface area contributed by atoms with Crippen molar-refractivity contribution in [3.8, 4) is 0 Å². The minimum atomic E-state index is -0.973. The quantitative estimate of drug-likeness (QED) is 0.819. The van der Waals surface area contributed by atoms with E-state index >= 15 is 0 Å². The molecule has 0 aliphatic carbocycles. The summed E-state index contributed by atoms with van der Waals surface area (Å²) >= 11 is 0. The monoisotopic (exact) mass is 275 g/mol. The van der Waals surface area contributed by atoms with Crippen molar-refractivity contribution in [1.82, 2.24) is 4.90 Å². The summed E-state index contributed by atoms with van der Waals surface area (Å²) in [5.74, 6) is -1.86. The van der Waals surface area contributed by atoms with Crippen LogP contribution in [0.2, 0.25) is 0 Å². The van der Waals surface area contributed by atoms with Crippen LogP contribution in [-0.4, -0.2) is 40.1 Å². The van der Waals surface area contributed by atoms with Gasteiger partial charge in [-0.2, -0.15) is 0 Å². The molecule has 3 aliphatic rings. The Hall–Kier alpha value is -2.08. The number of rotatable bonds is 3. The average molecular weight is 275 g/mol. The number of nitrogens with zero attached hydrogens (tertiary/aromatic N) is 1. The van der Waals surface area contributed by atoms with E-state index in [1.807, 2.05) is 6.08 Å². The Morgan fingerprint density at radius 2 is 2.40 bits per heavy atom. The van der Waals surface area contributed by atoms with Gasteiger partial charge in [0.15, 0.2) is 0 Å². The van der Waals surface area contributed by atoms with E-state index < -0.39 is 29.5 Å². The Bertz CT molecular complexity index is 607. The van der Waals surface area contributed by atoms with Gasteiger partial charge >= 0.3 is 5.97 Å². The fourth-order valence-electron chi connectivity index (χ4n) is 3.58. The molecule has 0 radical (unpaired) electrons. The normalized spacial score (nSPS) is 37.7. The van der Waals surface area contributed by atoms with Crippen LogP contribution in [0.15, 0.2) is 35.0 Å². The molecule has 4 rings (SSSR count). The number of likely N-dealkylation sites (tertiary alicyclic amines) is 1. The van der Waals surface area contributed by atoms with Crippen molar-refractivity contribution in [3.05, 3.63) is 36.3 Å². The second-order valence-corrected chi connectivity index (χ2v) is 5.51. The molecule has 0 unspecified atom stereocenters. The number of carboxylic acids is 1. The van der Waals surface area contributed by atoms with Gasteiger partial charge in [0, 0.05) is 0 Å². The SMILES string of the molecule is O=C(O)[C@H]1[C@H]2C(=O)N(Cc3ccco3)C[C@]23C=C[C@H]1O3. The van der Waals surface area contributed by atoms with Crippen molar-refractivity contribution in [2.45, 2.75) is 18.2 Å². The lowest BCUT2D eigenvalue weighted by molar-refractivity contribution is -0.148. The molecule has 1 N–H and O–H groups in total. The first kappa shape index (κ1) is 11.7. The predicted molar refractivity (Wildman–Crippen MR) is 65.5 cm³/mol. The third kappa shape index (κ3) is 1.37. The highest BCUT2D eigenvalue weighted by atomic mass is 16.5. The van der Waals surface area contributed by atoms with Crippen LogP contribution in [0.3, 0.4) is 0 Å². The molecule has 20 heavy (non-hydrogen) atoms. The largest absolute Gasteiger partial charge is 0.481 e. The summed E-state index contributed by atoms with van der Waals surface area (Å²) in [6, 6.07) is 3.55. The lowest BCUT2D eigenvalue weighted by Gasteiger charge is -2.21. The van der Waals surface area contributed by atoms with Crippen molar-refractivity contribution in [2.24, 2.45) is 11.8 Å². The van der Waals surface area contributed by atoms with Gasteiger partial charge < -0.3 is 19.2 Å². The first-order chi connectivity index (χ1) is 9.61. The Labute approximate surface area is 114 Å². The zero-order valence-corrected chi connectivity index (χ0v) is 10.6. The second kappa shape index (κ2) is 3.73. The maximum absolute atomic E-state index is 12.5. The number of hydrogen-bond acceptors (Lipinski definition) is 4. The van der Waals surface area contributed by atoms with Gasteiger partial charge in [0.2, 0.25) is 5.91 Å². The first-order valence-electron chi connectivity index (χ1n) is 6.52. The van der Waals surface area contributed by atoms with Gasteiger partial charge in [0.1, 0.15) is 17.3 Å². The average Bonchev–Trinajstić information content (AvgIpc) is 3.12.